The Balaban J connectivity index is 1.80. The number of H-pyrrole nitrogens is 1. The number of aliphatic hydroxyl groups is 1. The Morgan fingerprint density at radius 1 is 1.15 bits per heavy atom. The molecule has 216 valence electrons. The number of benzene rings is 2. The predicted molar refractivity (Wildman–Crippen MR) is 142 cm³/mol. The molecule has 0 radical (unpaired) electrons. The Kier molecular flexibility index (Phi) is 8.22. The number of hydrogen-bond donors (Lipinski definition) is 4. The van der Waals surface area contributed by atoms with E-state index < -0.39 is 48.1 Å². The number of carbonyl (C=O) groups is 2. The normalized spacial score (nSPS) is 13.2. The topological polar surface area (TPSA) is 143 Å². The van der Waals surface area contributed by atoms with Crippen molar-refractivity contribution in [2.75, 3.05) is 13.2 Å². The van der Waals surface area contributed by atoms with Crippen molar-refractivity contribution in [3.05, 3.63) is 75.9 Å². The summed E-state index contributed by atoms with van der Waals surface area (Å²) in [5.41, 5.74) is 1.20. The van der Waals surface area contributed by atoms with Crippen molar-refractivity contribution in [2.24, 2.45) is 5.73 Å². The van der Waals surface area contributed by atoms with E-state index in [1.807, 2.05) is 0 Å². The highest BCUT2D eigenvalue weighted by Gasteiger charge is 2.56. The predicted octanol–water partition coefficient (Wildman–Crippen LogP) is 4.33. The number of rotatable bonds is 9. The fraction of sp³-hybridized carbons (Fsp3) is 0.259. The van der Waals surface area contributed by atoms with Crippen LogP contribution in [0.25, 0.3) is 22.3 Å². The number of imidazole rings is 1. The molecule has 0 saturated carbocycles. The molecule has 1 atom stereocenters. The van der Waals surface area contributed by atoms with Gasteiger partial charge in [0.25, 0.3) is 5.91 Å². The van der Waals surface area contributed by atoms with Crippen molar-refractivity contribution in [2.45, 2.75) is 32.0 Å². The number of carbonyl (C=O) groups excluding carboxylic acids is 2. The molecular formula is C27H24ClF4N5O4. The van der Waals surface area contributed by atoms with E-state index in [9.17, 15) is 32.3 Å². The first-order valence-electron chi connectivity index (χ1n) is 12.2. The highest BCUT2D eigenvalue weighted by molar-refractivity contribution is 6.35. The number of aromatic nitrogens is 3. The molecule has 4 aromatic rings. The monoisotopic (exact) mass is 593 g/mol. The number of amides is 2. The molecule has 0 unspecified atom stereocenters. The molecule has 0 spiro atoms. The smallest absolute Gasteiger partial charge is 0.424 e. The molecule has 0 aliphatic rings. The molecule has 0 fully saturated rings. The maximum Gasteiger partial charge on any atom is 0.424 e. The van der Waals surface area contributed by atoms with Gasteiger partial charge in [0.15, 0.2) is 0 Å². The van der Waals surface area contributed by atoms with E-state index in [0.717, 1.165) is 18.2 Å². The number of alkyl halides is 3. The van der Waals surface area contributed by atoms with Crippen molar-refractivity contribution in [1.29, 1.82) is 0 Å². The SMILES string of the molecule is CCOc1c(CC(N)=O)cc([C@@](O)(CNC(=O)c2cc(Cl)c3nc(C)[nH]c3c2)C(F)(F)F)nc1-c1ccc(F)cc1. The molecule has 2 amide bonds. The summed E-state index contributed by atoms with van der Waals surface area (Å²) in [6.45, 7) is 1.96. The van der Waals surface area contributed by atoms with Gasteiger partial charge in [-0.3, -0.25) is 9.59 Å². The van der Waals surface area contributed by atoms with Crippen LogP contribution >= 0.6 is 11.6 Å². The highest BCUT2D eigenvalue weighted by Crippen LogP contribution is 2.42. The van der Waals surface area contributed by atoms with Crippen LogP contribution in [-0.2, 0) is 16.8 Å². The summed E-state index contributed by atoms with van der Waals surface area (Å²) < 4.78 is 62.7. The van der Waals surface area contributed by atoms with Crippen molar-refractivity contribution >= 4 is 34.4 Å². The molecule has 2 heterocycles. The summed E-state index contributed by atoms with van der Waals surface area (Å²) in [6, 6.07) is 8.07. The summed E-state index contributed by atoms with van der Waals surface area (Å²) in [5.74, 6) is -2.02. The quantitative estimate of drug-likeness (QED) is 0.213. The van der Waals surface area contributed by atoms with Crippen molar-refractivity contribution in [3.63, 3.8) is 0 Å². The zero-order valence-corrected chi connectivity index (χ0v) is 22.5. The van der Waals surface area contributed by atoms with Crippen molar-refractivity contribution < 1.29 is 37.0 Å². The number of nitrogens with two attached hydrogens (primary N) is 1. The van der Waals surface area contributed by atoms with E-state index in [4.69, 9.17) is 22.1 Å². The van der Waals surface area contributed by atoms with Crippen LogP contribution in [0.3, 0.4) is 0 Å². The van der Waals surface area contributed by atoms with Gasteiger partial charge in [0, 0.05) is 16.7 Å². The van der Waals surface area contributed by atoms with Crippen LogP contribution in [-0.4, -0.2) is 51.2 Å². The maximum atomic E-state index is 14.5. The molecule has 2 aromatic heterocycles. The molecule has 0 aliphatic carbocycles. The summed E-state index contributed by atoms with van der Waals surface area (Å²) in [5, 5.41) is 13.3. The number of nitrogens with one attached hydrogen (secondary N) is 2. The lowest BCUT2D eigenvalue weighted by Gasteiger charge is -2.31. The van der Waals surface area contributed by atoms with Crippen LogP contribution in [0, 0.1) is 12.7 Å². The molecule has 0 aliphatic heterocycles. The first-order chi connectivity index (χ1) is 19.2. The number of primary amides is 1. The number of aryl methyl sites for hydroxylation is 1. The standard InChI is InChI=1S/C27H24ClF4N5O4/c1-3-41-24-15(11-21(33)38)10-20(37-22(24)14-4-6-17(29)7-5-14)26(40,27(30,31)32)12-34-25(39)16-8-18(28)23-19(9-16)35-13(2)36-23/h4-10,40H,3,11-12H2,1-2H3,(H2,33,38)(H,34,39)(H,35,36)/t26-/m0/s1. The molecule has 14 heteroatoms. The van der Waals surface area contributed by atoms with Crippen LogP contribution in [0.15, 0.2) is 42.5 Å². The third kappa shape index (κ3) is 6.10. The van der Waals surface area contributed by atoms with E-state index in [1.165, 1.54) is 24.3 Å². The zero-order chi connectivity index (χ0) is 30.1. The van der Waals surface area contributed by atoms with Gasteiger partial charge in [0.05, 0.1) is 35.8 Å². The van der Waals surface area contributed by atoms with Crippen LogP contribution in [0.2, 0.25) is 5.02 Å². The second-order valence-corrected chi connectivity index (χ2v) is 9.55. The molecule has 2 aromatic carbocycles. The second-order valence-electron chi connectivity index (χ2n) is 9.14. The lowest BCUT2D eigenvalue weighted by atomic mass is 9.93. The lowest BCUT2D eigenvalue weighted by molar-refractivity contribution is -0.265. The molecular weight excluding hydrogens is 570 g/mol. The summed E-state index contributed by atoms with van der Waals surface area (Å²) in [6.07, 6.45) is -5.91. The first kappa shape index (κ1) is 29.7. The maximum absolute atomic E-state index is 14.5. The minimum absolute atomic E-state index is 0.0450. The Morgan fingerprint density at radius 2 is 1.83 bits per heavy atom. The number of aromatic amines is 1. The molecule has 0 saturated heterocycles. The number of ether oxygens (including phenoxy) is 1. The van der Waals surface area contributed by atoms with Gasteiger partial charge >= 0.3 is 6.18 Å². The van der Waals surface area contributed by atoms with Gasteiger partial charge < -0.3 is 25.9 Å². The Hall–Kier alpha value is -4.23. The van der Waals surface area contributed by atoms with Crippen molar-refractivity contribution in [1.82, 2.24) is 20.3 Å². The van der Waals surface area contributed by atoms with Gasteiger partial charge in [-0.1, -0.05) is 11.6 Å². The summed E-state index contributed by atoms with van der Waals surface area (Å²) >= 11 is 6.19. The van der Waals surface area contributed by atoms with Gasteiger partial charge in [-0.15, -0.1) is 0 Å². The molecule has 0 bridgehead atoms. The number of fused-ring (bicyclic) bond motifs is 1. The Morgan fingerprint density at radius 3 is 2.44 bits per heavy atom. The largest absolute Gasteiger partial charge is 0.491 e. The average molecular weight is 594 g/mol. The molecule has 41 heavy (non-hydrogen) atoms. The minimum atomic E-state index is -5.35. The fourth-order valence-corrected chi connectivity index (χ4v) is 4.46. The van der Waals surface area contributed by atoms with E-state index in [0.29, 0.717) is 16.9 Å². The zero-order valence-electron chi connectivity index (χ0n) is 21.7. The number of halogens is 5. The van der Waals surface area contributed by atoms with Gasteiger partial charge in [-0.2, -0.15) is 13.2 Å². The lowest BCUT2D eigenvalue weighted by Crippen LogP contribution is -2.51. The third-order valence-electron chi connectivity index (χ3n) is 6.14. The van der Waals surface area contributed by atoms with Crippen molar-refractivity contribution in [3.8, 4) is 17.0 Å². The van der Waals surface area contributed by atoms with Crippen LogP contribution in [0.1, 0.15) is 34.4 Å². The van der Waals surface area contributed by atoms with Gasteiger partial charge in [0.2, 0.25) is 11.5 Å². The number of hydrogen-bond acceptors (Lipinski definition) is 6. The molecule has 5 N–H and O–H groups in total. The van der Waals surface area contributed by atoms with Crippen LogP contribution < -0.4 is 15.8 Å². The van der Waals surface area contributed by atoms with E-state index in [-0.39, 0.29) is 39.8 Å². The van der Waals surface area contributed by atoms with Crippen LogP contribution in [0.5, 0.6) is 5.75 Å². The van der Waals surface area contributed by atoms with E-state index >= 15 is 0 Å². The Bertz CT molecular complexity index is 1620. The molecule has 9 nitrogen and oxygen atoms in total. The average Bonchev–Trinajstić information content (AvgIpc) is 3.28. The molecule has 4 rings (SSSR count). The number of nitrogens with zero attached hydrogens (tertiary/aromatic N) is 2. The third-order valence-corrected chi connectivity index (χ3v) is 6.43. The second kappa shape index (κ2) is 11.3. The first-order valence-corrected chi connectivity index (χ1v) is 12.6. The van der Waals surface area contributed by atoms with E-state index in [1.54, 1.807) is 13.8 Å². The van der Waals surface area contributed by atoms with E-state index in [2.05, 4.69) is 20.3 Å². The number of pyridine rings is 1. The summed E-state index contributed by atoms with van der Waals surface area (Å²) in [4.78, 5) is 35.8. The van der Waals surface area contributed by atoms with Gasteiger partial charge in [-0.05, 0) is 56.3 Å². The Labute approximate surface area is 235 Å². The fourth-order valence-electron chi connectivity index (χ4n) is 4.20. The minimum Gasteiger partial charge on any atom is -0.491 e. The van der Waals surface area contributed by atoms with Gasteiger partial charge in [0.1, 0.15) is 28.6 Å². The van der Waals surface area contributed by atoms with Crippen LogP contribution in [0.4, 0.5) is 17.6 Å². The highest BCUT2D eigenvalue weighted by atomic mass is 35.5. The summed E-state index contributed by atoms with van der Waals surface area (Å²) in [7, 11) is 0. The van der Waals surface area contributed by atoms with Gasteiger partial charge in [-0.25, -0.2) is 14.4 Å².